The second kappa shape index (κ2) is 19.8. The fourth-order valence-electron chi connectivity index (χ4n) is 6.56. The Labute approximate surface area is 350 Å². The molecule has 16 heteroatoms. The number of nitrogens with two attached hydrogens (primary N) is 1. The van der Waals surface area contributed by atoms with Gasteiger partial charge in [-0.25, -0.2) is 24.5 Å². The Balaban J connectivity index is 0.910. The first-order chi connectivity index (χ1) is 28.9. The fourth-order valence-corrected chi connectivity index (χ4v) is 6.56. The number of ether oxygens (including phenoxy) is 4. The van der Waals surface area contributed by atoms with Gasteiger partial charge in [0, 0.05) is 44.6 Å². The number of unbranched alkanes of at least 4 members (excludes halogenated alkanes) is 1. The number of hydrogen-bond donors (Lipinski definition) is 3. The molecule has 3 heterocycles. The molecule has 16 nitrogen and oxygen atoms in total. The molecule has 316 valence electrons. The predicted octanol–water partition coefficient (Wildman–Crippen LogP) is 6.09. The van der Waals surface area contributed by atoms with E-state index in [1.807, 2.05) is 56.0 Å². The van der Waals surface area contributed by atoms with Crippen molar-refractivity contribution in [1.29, 1.82) is 0 Å². The molecule has 0 spiro atoms. The van der Waals surface area contributed by atoms with E-state index >= 15 is 0 Å². The van der Waals surface area contributed by atoms with Crippen LogP contribution in [0.3, 0.4) is 0 Å². The summed E-state index contributed by atoms with van der Waals surface area (Å²) in [4.78, 5) is 58.2. The van der Waals surface area contributed by atoms with Crippen molar-refractivity contribution in [3.63, 3.8) is 0 Å². The normalized spacial score (nSPS) is 13.0. The van der Waals surface area contributed by atoms with Crippen molar-refractivity contribution in [3.05, 3.63) is 101 Å². The number of hydrogen-bond acceptors (Lipinski definition) is 13. The van der Waals surface area contributed by atoms with Gasteiger partial charge < -0.3 is 34.9 Å². The molecule has 2 aliphatic rings. The molecule has 0 unspecified atom stereocenters. The summed E-state index contributed by atoms with van der Waals surface area (Å²) in [5.74, 6) is 1.93. The number of amidine groups is 1. The van der Waals surface area contributed by atoms with Crippen molar-refractivity contribution in [1.82, 2.24) is 30.4 Å². The third-order valence-electron chi connectivity index (χ3n) is 9.64. The number of aliphatic imine (C=N–C) groups is 2. The summed E-state index contributed by atoms with van der Waals surface area (Å²) in [6.07, 6.45) is 7.10. The Bertz CT molecular complexity index is 2190. The molecular weight excluding hydrogens is 767 g/mol. The van der Waals surface area contributed by atoms with Crippen LogP contribution in [0.2, 0.25) is 0 Å². The van der Waals surface area contributed by atoms with Gasteiger partial charge in [-0.1, -0.05) is 36.4 Å². The number of aromatic nitrogens is 2. The lowest BCUT2D eigenvalue weighted by atomic mass is 10.0. The van der Waals surface area contributed by atoms with Gasteiger partial charge in [0.05, 0.1) is 25.8 Å². The molecule has 3 aromatic carbocycles. The summed E-state index contributed by atoms with van der Waals surface area (Å²) in [6, 6.07) is 19.8. The Morgan fingerprint density at radius 1 is 0.883 bits per heavy atom. The second-order valence-corrected chi connectivity index (χ2v) is 15.4. The van der Waals surface area contributed by atoms with E-state index < -0.39 is 23.7 Å². The van der Waals surface area contributed by atoms with Crippen molar-refractivity contribution in [3.8, 4) is 17.2 Å². The molecule has 2 aliphatic heterocycles. The van der Waals surface area contributed by atoms with Crippen molar-refractivity contribution in [2.24, 2.45) is 9.98 Å². The molecule has 4 aromatic rings. The Morgan fingerprint density at radius 3 is 2.18 bits per heavy atom. The van der Waals surface area contributed by atoms with Crippen LogP contribution in [0.4, 0.5) is 21.2 Å². The monoisotopic (exact) mass is 819 g/mol. The maximum absolute atomic E-state index is 13.0. The highest BCUT2D eigenvalue weighted by Crippen LogP contribution is 2.43. The van der Waals surface area contributed by atoms with Gasteiger partial charge >= 0.3 is 12.2 Å². The van der Waals surface area contributed by atoms with E-state index in [1.54, 1.807) is 13.1 Å². The summed E-state index contributed by atoms with van der Waals surface area (Å²) < 4.78 is 22.8. The first kappa shape index (κ1) is 42.9. The van der Waals surface area contributed by atoms with Gasteiger partial charge in [-0.2, -0.15) is 0 Å². The number of carbonyl (C=O) groups is 3. The minimum absolute atomic E-state index is 0.0680. The summed E-state index contributed by atoms with van der Waals surface area (Å²) >= 11 is 0. The SMILES string of the molecule is COc1c(OCCCN(C)C(=O)Oc2ccc(CCCCc3ccc(CCNC(=O)OC(C)(C)C)cc3)cc2)ccc2c1N=C(NC(=O)c1cnc(N)nc1)N1CCN=C21. The van der Waals surface area contributed by atoms with Gasteiger partial charge in [-0.3, -0.25) is 20.0 Å². The van der Waals surface area contributed by atoms with Crippen LogP contribution in [0.5, 0.6) is 17.2 Å². The summed E-state index contributed by atoms with van der Waals surface area (Å²) in [6.45, 7) is 7.84. The van der Waals surface area contributed by atoms with E-state index in [0.29, 0.717) is 73.9 Å². The summed E-state index contributed by atoms with van der Waals surface area (Å²) in [5.41, 5.74) is 10.2. The third kappa shape index (κ3) is 11.7. The van der Waals surface area contributed by atoms with Crippen molar-refractivity contribution >= 4 is 41.5 Å². The van der Waals surface area contributed by atoms with Crippen LogP contribution in [-0.4, -0.2) is 102 Å². The van der Waals surface area contributed by atoms with E-state index in [4.69, 9.17) is 29.7 Å². The zero-order chi connectivity index (χ0) is 42.6. The number of nitrogens with one attached hydrogen (secondary N) is 2. The van der Waals surface area contributed by atoms with Crippen molar-refractivity contribution in [2.45, 2.75) is 64.9 Å². The maximum atomic E-state index is 13.0. The van der Waals surface area contributed by atoms with Crippen molar-refractivity contribution < 1.29 is 33.3 Å². The van der Waals surface area contributed by atoms with Crippen LogP contribution in [0.25, 0.3) is 0 Å². The molecule has 6 rings (SSSR count). The zero-order valence-electron chi connectivity index (χ0n) is 34.8. The topological polar surface area (TPSA) is 195 Å². The van der Waals surface area contributed by atoms with E-state index in [2.05, 4.69) is 49.9 Å². The second-order valence-electron chi connectivity index (χ2n) is 15.4. The standard InChI is InChI=1S/C44H53N9O7/c1-44(2,3)60-42(55)47-22-21-31-13-11-29(12-14-31)9-6-7-10-30-15-17-33(18-16-30)59-43(56)52(4)24-8-26-58-35-20-19-34-36(37(35)57-5)50-41(53-25-23-46-38(34)53)51-39(54)32-27-48-40(45)49-28-32/h11-20,27-28H,6-10,21-26H2,1-5H3,(H,47,55)(H2,45,48,49)(H,50,51,54). The number of fused-ring (bicyclic) bond motifs is 3. The third-order valence-corrected chi connectivity index (χ3v) is 9.64. The molecule has 0 atom stereocenters. The van der Waals surface area contributed by atoms with Gasteiger partial charge in [0.1, 0.15) is 22.9 Å². The van der Waals surface area contributed by atoms with Crippen LogP contribution >= 0.6 is 0 Å². The Hall–Kier alpha value is -6.71. The number of alkyl carbamates (subject to hydrolysis) is 1. The highest BCUT2D eigenvalue weighted by Gasteiger charge is 2.33. The molecule has 0 saturated heterocycles. The van der Waals surface area contributed by atoms with Crippen LogP contribution < -0.4 is 30.6 Å². The van der Waals surface area contributed by atoms with Gasteiger partial charge in [-0.05, 0) is 100 Å². The van der Waals surface area contributed by atoms with E-state index in [9.17, 15) is 14.4 Å². The quantitative estimate of drug-likeness (QED) is 0.111. The molecule has 0 saturated carbocycles. The van der Waals surface area contributed by atoms with E-state index in [0.717, 1.165) is 37.7 Å². The van der Waals surface area contributed by atoms with Gasteiger partial charge in [0.15, 0.2) is 11.5 Å². The molecular formula is C44H53N9O7. The number of amides is 3. The minimum atomic E-state index is -0.508. The molecule has 0 bridgehead atoms. The number of methoxy groups -OCH3 is 1. The average Bonchev–Trinajstić information content (AvgIpc) is 3.72. The fraction of sp³-hybridized carbons (Fsp3) is 0.386. The van der Waals surface area contributed by atoms with Gasteiger partial charge in [-0.15, -0.1) is 0 Å². The first-order valence-corrected chi connectivity index (χ1v) is 20.1. The summed E-state index contributed by atoms with van der Waals surface area (Å²) in [7, 11) is 3.21. The molecule has 3 amide bonds. The van der Waals surface area contributed by atoms with Crippen LogP contribution in [-0.2, 0) is 24.0 Å². The molecule has 0 radical (unpaired) electrons. The van der Waals surface area contributed by atoms with Gasteiger partial charge in [0.2, 0.25) is 11.9 Å². The molecule has 0 fully saturated rings. The van der Waals surface area contributed by atoms with E-state index in [-0.39, 0.29) is 11.5 Å². The molecule has 0 aliphatic carbocycles. The zero-order valence-corrected chi connectivity index (χ0v) is 34.8. The highest BCUT2D eigenvalue weighted by atomic mass is 16.6. The van der Waals surface area contributed by atoms with E-state index in [1.165, 1.54) is 41.1 Å². The lowest BCUT2D eigenvalue weighted by molar-refractivity contribution is 0.0528. The average molecular weight is 820 g/mol. The number of nitrogens with zero attached hydrogens (tertiary/aromatic N) is 6. The number of carbonyl (C=O) groups excluding carboxylic acids is 3. The Morgan fingerprint density at radius 2 is 1.53 bits per heavy atom. The van der Waals surface area contributed by atoms with Crippen LogP contribution in [0.1, 0.15) is 72.6 Å². The lowest BCUT2D eigenvalue weighted by Crippen LogP contribution is -2.47. The molecule has 1 aromatic heterocycles. The largest absolute Gasteiger partial charge is 0.491 e. The highest BCUT2D eigenvalue weighted by molar-refractivity contribution is 6.20. The number of benzene rings is 3. The predicted molar refractivity (Wildman–Crippen MR) is 228 cm³/mol. The number of guanidine groups is 1. The Kier molecular flexibility index (Phi) is 14.2. The lowest BCUT2D eigenvalue weighted by Gasteiger charge is -2.28. The first-order valence-electron chi connectivity index (χ1n) is 20.1. The number of aryl methyl sites for hydroxylation is 2. The molecule has 4 N–H and O–H groups in total. The van der Waals surface area contributed by atoms with Crippen LogP contribution in [0.15, 0.2) is 83.0 Å². The minimum Gasteiger partial charge on any atom is -0.491 e. The molecule has 60 heavy (non-hydrogen) atoms. The summed E-state index contributed by atoms with van der Waals surface area (Å²) in [5, 5.41) is 5.64. The number of nitrogen functional groups attached to an aromatic ring is 1. The number of rotatable bonds is 16. The van der Waals surface area contributed by atoms with Gasteiger partial charge in [0.25, 0.3) is 5.91 Å². The van der Waals surface area contributed by atoms with Crippen LogP contribution in [0, 0.1) is 0 Å². The maximum Gasteiger partial charge on any atom is 0.414 e. The smallest absolute Gasteiger partial charge is 0.414 e. The van der Waals surface area contributed by atoms with Crippen molar-refractivity contribution in [2.75, 3.05) is 52.7 Å². The number of anilines is 1.